The highest BCUT2D eigenvalue weighted by Crippen LogP contribution is 2.58. The second-order valence-corrected chi connectivity index (χ2v) is 3.85. The molecule has 2 atom stereocenters. The summed E-state index contributed by atoms with van der Waals surface area (Å²) in [7, 11) is 0. The minimum Gasteiger partial charge on any atom is -0.0954 e. The Bertz CT molecular complexity index is 257. The Labute approximate surface area is 62.3 Å². The molecule has 0 nitrogen and oxygen atoms in total. The zero-order valence-electron chi connectivity index (χ0n) is 6.73. The topological polar surface area (TPSA) is 0 Å². The summed E-state index contributed by atoms with van der Waals surface area (Å²) in [5, 5.41) is 0. The summed E-state index contributed by atoms with van der Waals surface area (Å²) < 4.78 is 0. The largest absolute Gasteiger partial charge is 0.0954 e. The maximum Gasteiger partial charge on any atom is 0.0507 e. The fourth-order valence-electron chi connectivity index (χ4n) is 1.68. The van der Waals surface area contributed by atoms with Gasteiger partial charge in [0.1, 0.15) is 0 Å². The molecule has 0 saturated heterocycles. The minimum absolute atomic E-state index is 0.414. The average Bonchev–Trinajstić information content (AvgIpc) is 2.36. The van der Waals surface area contributed by atoms with E-state index in [0.717, 1.165) is 0 Å². The molecule has 1 saturated carbocycles. The van der Waals surface area contributed by atoms with Crippen molar-refractivity contribution in [2.45, 2.75) is 20.8 Å². The van der Waals surface area contributed by atoms with Crippen LogP contribution in [0, 0.1) is 29.1 Å². The standard InChI is InChI=1S/C10H12/c1-7-4-5-8-9(6-7)10(8,2)3/h6-8H,1-3H3. The van der Waals surface area contributed by atoms with Gasteiger partial charge in [0, 0.05) is 11.3 Å². The molecule has 10 heavy (non-hydrogen) atoms. The Hall–Kier alpha value is -0.700. The molecule has 0 aromatic heterocycles. The third kappa shape index (κ3) is 0.583. The van der Waals surface area contributed by atoms with Crippen LogP contribution in [0.1, 0.15) is 20.8 Å². The van der Waals surface area contributed by atoms with Gasteiger partial charge in [-0.2, -0.15) is 0 Å². The molecule has 0 heteroatoms. The summed E-state index contributed by atoms with van der Waals surface area (Å²) >= 11 is 0. The fraction of sp³-hybridized carbons (Fsp3) is 0.600. The Morgan fingerprint density at radius 1 is 1.40 bits per heavy atom. The normalized spacial score (nSPS) is 38.9. The Morgan fingerprint density at radius 3 is 2.60 bits per heavy atom. The van der Waals surface area contributed by atoms with Crippen molar-refractivity contribution in [3.8, 4) is 11.8 Å². The number of hydrogen-bond acceptors (Lipinski definition) is 0. The second-order valence-electron chi connectivity index (χ2n) is 3.85. The lowest BCUT2D eigenvalue weighted by atomic mass is 10.1. The number of rotatable bonds is 0. The van der Waals surface area contributed by atoms with Gasteiger partial charge in [0.2, 0.25) is 0 Å². The van der Waals surface area contributed by atoms with E-state index in [4.69, 9.17) is 0 Å². The van der Waals surface area contributed by atoms with Gasteiger partial charge in [-0.25, -0.2) is 0 Å². The van der Waals surface area contributed by atoms with Crippen LogP contribution in [-0.2, 0) is 0 Å². The molecular formula is C10H12. The van der Waals surface area contributed by atoms with Gasteiger partial charge in [0.25, 0.3) is 0 Å². The van der Waals surface area contributed by atoms with Crippen molar-refractivity contribution < 1.29 is 0 Å². The highest BCUT2D eigenvalue weighted by molar-refractivity contribution is 5.48. The van der Waals surface area contributed by atoms with Crippen molar-refractivity contribution in [3.05, 3.63) is 11.6 Å². The van der Waals surface area contributed by atoms with Gasteiger partial charge in [0.15, 0.2) is 0 Å². The molecule has 0 bridgehead atoms. The number of hydrogen-bond donors (Lipinski definition) is 0. The van der Waals surface area contributed by atoms with E-state index < -0.39 is 0 Å². The predicted octanol–water partition coefficient (Wildman–Crippen LogP) is 2.22. The first-order valence-corrected chi connectivity index (χ1v) is 3.85. The van der Waals surface area contributed by atoms with Crippen LogP contribution in [0.5, 0.6) is 0 Å². The summed E-state index contributed by atoms with van der Waals surface area (Å²) in [4.78, 5) is 0. The lowest BCUT2D eigenvalue weighted by Gasteiger charge is -1.94. The molecule has 0 heterocycles. The highest BCUT2D eigenvalue weighted by atomic mass is 14.5. The molecule has 2 aliphatic rings. The summed E-state index contributed by atoms with van der Waals surface area (Å²) in [5.74, 6) is 7.57. The number of allylic oxidation sites excluding steroid dienone is 2. The van der Waals surface area contributed by atoms with Crippen LogP contribution in [0.4, 0.5) is 0 Å². The van der Waals surface area contributed by atoms with Crippen LogP contribution in [0.25, 0.3) is 0 Å². The van der Waals surface area contributed by atoms with E-state index in [-0.39, 0.29) is 0 Å². The van der Waals surface area contributed by atoms with Gasteiger partial charge in [-0.3, -0.25) is 0 Å². The second kappa shape index (κ2) is 1.48. The van der Waals surface area contributed by atoms with E-state index >= 15 is 0 Å². The van der Waals surface area contributed by atoms with Crippen LogP contribution in [-0.4, -0.2) is 0 Å². The monoisotopic (exact) mass is 132 g/mol. The Balaban J connectivity index is 2.36. The van der Waals surface area contributed by atoms with Crippen LogP contribution in [0.3, 0.4) is 0 Å². The van der Waals surface area contributed by atoms with Crippen LogP contribution in [0.15, 0.2) is 11.6 Å². The first kappa shape index (κ1) is 6.04. The van der Waals surface area contributed by atoms with Crippen molar-refractivity contribution in [2.24, 2.45) is 17.3 Å². The van der Waals surface area contributed by atoms with Crippen LogP contribution >= 0.6 is 0 Å². The van der Waals surface area contributed by atoms with Gasteiger partial charge in [-0.05, 0) is 12.5 Å². The summed E-state index contributed by atoms with van der Waals surface area (Å²) in [6.07, 6.45) is 2.32. The van der Waals surface area contributed by atoms with Crippen molar-refractivity contribution in [1.82, 2.24) is 0 Å². The molecule has 2 rings (SSSR count). The first-order valence-electron chi connectivity index (χ1n) is 3.85. The average molecular weight is 132 g/mol. The van der Waals surface area contributed by atoms with Crippen LogP contribution < -0.4 is 0 Å². The fourth-order valence-corrected chi connectivity index (χ4v) is 1.68. The zero-order valence-corrected chi connectivity index (χ0v) is 6.73. The van der Waals surface area contributed by atoms with Gasteiger partial charge < -0.3 is 0 Å². The van der Waals surface area contributed by atoms with Crippen molar-refractivity contribution in [3.63, 3.8) is 0 Å². The SMILES string of the molecule is CC1C#CC2C(=C1)C2(C)C. The van der Waals surface area contributed by atoms with Crippen LogP contribution in [0.2, 0.25) is 0 Å². The van der Waals surface area contributed by atoms with Crippen molar-refractivity contribution in [2.75, 3.05) is 0 Å². The minimum atomic E-state index is 0.414. The van der Waals surface area contributed by atoms with Gasteiger partial charge in [0.05, 0.1) is 5.92 Å². The molecule has 0 amide bonds. The Kier molecular flexibility index (Phi) is 0.892. The Morgan fingerprint density at radius 2 is 2.10 bits per heavy atom. The summed E-state index contributed by atoms with van der Waals surface area (Å²) in [6.45, 7) is 6.71. The third-order valence-electron chi connectivity index (χ3n) is 2.58. The first-order chi connectivity index (χ1) is 4.62. The lowest BCUT2D eigenvalue weighted by Crippen LogP contribution is -1.87. The molecule has 0 aromatic rings. The molecule has 0 radical (unpaired) electrons. The molecular weight excluding hydrogens is 120 g/mol. The maximum absolute atomic E-state index is 3.28. The molecule has 52 valence electrons. The molecule has 2 unspecified atom stereocenters. The number of fused-ring (bicyclic) bond motifs is 1. The molecule has 0 aliphatic heterocycles. The quantitative estimate of drug-likeness (QED) is 0.350. The molecule has 0 N–H and O–H groups in total. The van der Waals surface area contributed by atoms with E-state index in [1.807, 2.05) is 0 Å². The van der Waals surface area contributed by atoms with Gasteiger partial charge >= 0.3 is 0 Å². The van der Waals surface area contributed by atoms with E-state index in [1.54, 1.807) is 5.57 Å². The predicted molar refractivity (Wildman–Crippen MR) is 42.3 cm³/mol. The van der Waals surface area contributed by atoms with E-state index in [1.165, 1.54) is 0 Å². The van der Waals surface area contributed by atoms with E-state index in [2.05, 4.69) is 38.7 Å². The molecule has 2 aliphatic carbocycles. The third-order valence-corrected chi connectivity index (χ3v) is 2.58. The summed E-state index contributed by atoms with van der Waals surface area (Å²) in [6, 6.07) is 0. The molecule has 0 spiro atoms. The summed E-state index contributed by atoms with van der Waals surface area (Å²) in [5.41, 5.74) is 1.98. The van der Waals surface area contributed by atoms with Gasteiger partial charge in [-0.1, -0.05) is 31.8 Å². The lowest BCUT2D eigenvalue weighted by molar-refractivity contribution is 0.636. The van der Waals surface area contributed by atoms with Crippen molar-refractivity contribution >= 4 is 0 Å². The maximum atomic E-state index is 3.28. The highest BCUT2D eigenvalue weighted by Gasteiger charge is 2.52. The zero-order chi connectivity index (χ0) is 7.35. The smallest absolute Gasteiger partial charge is 0.0507 e. The van der Waals surface area contributed by atoms with E-state index in [9.17, 15) is 0 Å². The van der Waals surface area contributed by atoms with Crippen molar-refractivity contribution in [1.29, 1.82) is 0 Å². The van der Waals surface area contributed by atoms with Gasteiger partial charge in [-0.15, -0.1) is 0 Å². The molecule has 0 aromatic carbocycles. The molecule has 1 fully saturated rings. The van der Waals surface area contributed by atoms with E-state index in [0.29, 0.717) is 17.3 Å².